The molecule has 0 spiro atoms. The van der Waals surface area contributed by atoms with Crippen LogP contribution in [0, 0.1) is 11.8 Å². The van der Waals surface area contributed by atoms with Gasteiger partial charge in [0.1, 0.15) is 5.75 Å². The maximum absolute atomic E-state index is 13.3. The molecule has 0 N–H and O–H groups in total. The van der Waals surface area contributed by atoms with Crippen LogP contribution >= 0.6 is 0 Å². The minimum Gasteiger partial charge on any atom is -0.493 e. The number of nitrogens with zero attached hydrogens (tertiary/aromatic N) is 5. The van der Waals surface area contributed by atoms with E-state index >= 15 is 0 Å². The third kappa shape index (κ3) is 7.14. The van der Waals surface area contributed by atoms with Gasteiger partial charge in [-0.2, -0.15) is 0 Å². The van der Waals surface area contributed by atoms with Gasteiger partial charge < -0.3 is 19.3 Å². The maximum Gasteiger partial charge on any atom is 0.226 e. The molecule has 4 heterocycles. The molecule has 0 radical (unpaired) electrons. The molecular weight excluding hydrogens is 526 g/mol. The van der Waals surface area contributed by atoms with E-state index in [2.05, 4.69) is 61.9 Å². The molecule has 3 aliphatic heterocycles. The van der Waals surface area contributed by atoms with Gasteiger partial charge in [-0.05, 0) is 86.1 Å². The van der Waals surface area contributed by atoms with Crippen LogP contribution in [0.5, 0.6) is 5.75 Å². The van der Waals surface area contributed by atoms with Gasteiger partial charge in [-0.15, -0.1) is 0 Å². The molecule has 8 heteroatoms. The van der Waals surface area contributed by atoms with Crippen molar-refractivity contribution in [3.63, 3.8) is 0 Å². The maximum atomic E-state index is 13.3. The van der Waals surface area contributed by atoms with E-state index in [1.807, 2.05) is 12.4 Å². The Morgan fingerprint density at radius 3 is 2.29 bits per heavy atom. The summed E-state index contributed by atoms with van der Waals surface area (Å²) in [6, 6.07) is 9.17. The zero-order valence-corrected chi connectivity index (χ0v) is 25.3. The third-order valence-corrected chi connectivity index (χ3v) is 9.81. The van der Waals surface area contributed by atoms with Crippen LogP contribution in [0.25, 0.3) is 5.57 Å². The number of aromatic nitrogens is 2. The lowest BCUT2D eigenvalue weighted by atomic mass is 9.85. The van der Waals surface area contributed by atoms with Crippen LogP contribution in [0.3, 0.4) is 0 Å². The molecule has 1 aliphatic carbocycles. The fourth-order valence-corrected chi connectivity index (χ4v) is 6.95. The highest BCUT2D eigenvalue weighted by atomic mass is 16.5. The van der Waals surface area contributed by atoms with E-state index in [9.17, 15) is 4.79 Å². The topological polar surface area (TPSA) is 71.0 Å². The predicted molar refractivity (Wildman–Crippen MR) is 166 cm³/mol. The van der Waals surface area contributed by atoms with Crippen LogP contribution in [0.4, 0.5) is 5.95 Å². The summed E-state index contributed by atoms with van der Waals surface area (Å²) in [7, 11) is 0. The fraction of sp³-hybridized carbons (Fsp3) is 0.618. The van der Waals surface area contributed by atoms with Crippen LogP contribution in [0.15, 0.2) is 42.7 Å². The minimum atomic E-state index is 0.130. The average Bonchev–Trinajstić information content (AvgIpc) is 3.08. The first kappa shape index (κ1) is 29.1. The van der Waals surface area contributed by atoms with Gasteiger partial charge >= 0.3 is 0 Å². The van der Waals surface area contributed by atoms with Gasteiger partial charge in [0, 0.05) is 63.6 Å². The Morgan fingerprint density at radius 2 is 1.64 bits per heavy atom. The lowest BCUT2D eigenvalue weighted by molar-refractivity contribution is -0.137. The minimum absolute atomic E-state index is 0.130. The van der Waals surface area contributed by atoms with Crippen molar-refractivity contribution in [2.24, 2.45) is 11.8 Å². The van der Waals surface area contributed by atoms with Crippen molar-refractivity contribution in [3.05, 3.63) is 53.9 Å². The number of benzene rings is 1. The van der Waals surface area contributed by atoms with Gasteiger partial charge in [-0.3, -0.25) is 9.69 Å². The van der Waals surface area contributed by atoms with Crippen molar-refractivity contribution < 1.29 is 14.3 Å². The molecule has 42 heavy (non-hydrogen) atoms. The molecule has 1 aromatic carbocycles. The van der Waals surface area contributed by atoms with Crippen LogP contribution in [-0.4, -0.2) is 90.8 Å². The molecule has 2 aromatic rings. The van der Waals surface area contributed by atoms with Crippen molar-refractivity contribution in [1.29, 1.82) is 0 Å². The number of carbonyl (C=O) groups excluding carboxylic acids is 1. The lowest BCUT2D eigenvalue weighted by Gasteiger charge is -2.41. The molecule has 1 aromatic heterocycles. The van der Waals surface area contributed by atoms with Crippen LogP contribution < -0.4 is 9.64 Å². The lowest BCUT2D eigenvalue weighted by Crippen LogP contribution is -2.51. The van der Waals surface area contributed by atoms with Gasteiger partial charge in [0.05, 0.1) is 19.8 Å². The molecule has 226 valence electrons. The van der Waals surface area contributed by atoms with E-state index in [0.717, 1.165) is 122 Å². The predicted octanol–water partition coefficient (Wildman–Crippen LogP) is 4.84. The van der Waals surface area contributed by atoms with Crippen molar-refractivity contribution in [2.45, 2.75) is 64.3 Å². The van der Waals surface area contributed by atoms with E-state index in [-0.39, 0.29) is 5.92 Å². The number of anilines is 1. The number of aryl methyl sites for hydroxylation is 1. The molecule has 1 unspecified atom stereocenters. The second-order valence-corrected chi connectivity index (χ2v) is 12.4. The average molecular weight is 574 g/mol. The molecule has 0 saturated carbocycles. The summed E-state index contributed by atoms with van der Waals surface area (Å²) in [6.07, 6.45) is 14.3. The Kier molecular flexibility index (Phi) is 9.71. The Balaban J connectivity index is 0.920. The van der Waals surface area contributed by atoms with E-state index in [1.165, 1.54) is 16.7 Å². The number of hydrogen-bond acceptors (Lipinski definition) is 7. The first-order valence-electron chi connectivity index (χ1n) is 16.2. The Labute approximate surface area is 251 Å². The number of rotatable bonds is 8. The smallest absolute Gasteiger partial charge is 0.226 e. The Bertz CT molecular complexity index is 1180. The summed E-state index contributed by atoms with van der Waals surface area (Å²) in [6.45, 7) is 10.4. The number of hydrogen-bond donors (Lipinski definition) is 0. The van der Waals surface area contributed by atoms with Gasteiger partial charge in [-0.25, -0.2) is 9.97 Å². The molecule has 0 bridgehead atoms. The summed E-state index contributed by atoms with van der Waals surface area (Å²) < 4.78 is 11.7. The van der Waals surface area contributed by atoms with Crippen molar-refractivity contribution in [1.82, 2.24) is 19.8 Å². The summed E-state index contributed by atoms with van der Waals surface area (Å²) in [5.74, 6) is 2.83. The van der Waals surface area contributed by atoms with Crippen molar-refractivity contribution >= 4 is 17.4 Å². The molecular formula is C34H47N5O3. The van der Waals surface area contributed by atoms with Crippen molar-refractivity contribution in [2.75, 3.05) is 64.0 Å². The Hall–Kier alpha value is -2.97. The summed E-state index contributed by atoms with van der Waals surface area (Å²) in [5.41, 5.74) is 3.79. The number of allylic oxidation sites excluding steroid dienone is 2. The highest BCUT2D eigenvalue weighted by Crippen LogP contribution is 2.33. The van der Waals surface area contributed by atoms with E-state index in [4.69, 9.17) is 9.47 Å². The monoisotopic (exact) mass is 573 g/mol. The Morgan fingerprint density at radius 1 is 0.929 bits per heavy atom. The quantitative estimate of drug-likeness (QED) is 0.448. The van der Waals surface area contributed by atoms with Crippen LogP contribution in [0.1, 0.15) is 63.0 Å². The summed E-state index contributed by atoms with van der Waals surface area (Å²) in [4.78, 5) is 29.3. The molecule has 3 saturated heterocycles. The van der Waals surface area contributed by atoms with E-state index in [0.29, 0.717) is 17.9 Å². The number of likely N-dealkylation sites (tertiary alicyclic amines) is 1. The highest BCUT2D eigenvalue weighted by molar-refractivity contribution is 5.81. The number of amides is 1. The first-order valence-corrected chi connectivity index (χ1v) is 16.2. The molecule has 4 aliphatic rings. The molecule has 1 atom stereocenters. The van der Waals surface area contributed by atoms with Gasteiger partial charge in [0.15, 0.2) is 0 Å². The SMILES string of the molecule is CCc1cnc(N2CCC(COc3ccc(C4=CCC(C(=O)N5CCC(N6CCOCC6)CC5)CC4)cc3)CC2)nc1. The number of ether oxygens (including phenoxy) is 2. The fourth-order valence-electron chi connectivity index (χ4n) is 6.95. The summed E-state index contributed by atoms with van der Waals surface area (Å²) in [5, 5.41) is 0. The standard InChI is InChI=1S/C34H47N5O3/c1-2-26-23-35-34(36-24-26)39-15-11-27(12-16-39)25-42-32-9-7-29(8-10-32)28-3-5-30(6-4-28)33(40)38-17-13-31(14-18-38)37-19-21-41-22-20-37/h3,7-10,23-24,27,30-31H,2,4-6,11-22,25H2,1H3. The number of morpholine rings is 1. The molecule has 8 nitrogen and oxygen atoms in total. The van der Waals surface area contributed by atoms with Crippen LogP contribution in [-0.2, 0) is 16.0 Å². The third-order valence-electron chi connectivity index (χ3n) is 9.81. The van der Waals surface area contributed by atoms with Gasteiger partial charge in [-0.1, -0.05) is 25.1 Å². The highest BCUT2D eigenvalue weighted by Gasteiger charge is 2.31. The molecule has 1 amide bonds. The van der Waals surface area contributed by atoms with Crippen molar-refractivity contribution in [3.8, 4) is 5.75 Å². The second kappa shape index (κ2) is 14.0. The van der Waals surface area contributed by atoms with E-state index in [1.54, 1.807) is 0 Å². The van der Waals surface area contributed by atoms with E-state index < -0.39 is 0 Å². The zero-order chi connectivity index (χ0) is 28.7. The molecule has 3 fully saturated rings. The summed E-state index contributed by atoms with van der Waals surface area (Å²) >= 11 is 0. The van der Waals surface area contributed by atoms with Gasteiger partial charge in [0.2, 0.25) is 11.9 Å². The number of carbonyl (C=O) groups is 1. The largest absolute Gasteiger partial charge is 0.493 e. The number of piperidine rings is 2. The zero-order valence-electron chi connectivity index (χ0n) is 25.3. The second-order valence-electron chi connectivity index (χ2n) is 12.4. The van der Waals surface area contributed by atoms with Gasteiger partial charge in [0.25, 0.3) is 0 Å². The molecule has 6 rings (SSSR count). The normalized spacial score (nSPS) is 23.1. The van der Waals surface area contributed by atoms with Crippen LogP contribution in [0.2, 0.25) is 0 Å². The first-order chi connectivity index (χ1) is 20.7.